The number of Topliss-reactive ketones (excluding diaryl/α,β-unsaturated/α-hetero) is 4. The summed E-state index contributed by atoms with van der Waals surface area (Å²) in [6.07, 6.45) is 3.65. The molecular weight excluding hydrogens is 484 g/mol. The van der Waals surface area contributed by atoms with Gasteiger partial charge in [0.2, 0.25) is 0 Å². The van der Waals surface area contributed by atoms with Crippen LogP contribution in [0, 0.1) is 10.8 Å². The van der Waals surface area contributed by atoms with E-state index in [1.54, 1.807) is 0 Å². The average molecular weight is 529 g/mol. The maximum Gasteiger partial charge on any atom is 0.168 e. The molecule has 38 heavy (non-hydrogen) atoms. The van der Waals surface area contributed by atoms with Crippen molar-refractivity contribution in [2.24, 2.45) is 10.8 Å². The van der Waals surface area contributed by atoms with Crippen molar-refractivity contribution in [1.29, 1.82) is 0 Å². The van der Waals surface area contributed by atoms with Crippen molar-refractivity contribution in [3.63, 3.8) is 0 Å². The number of unbranched alkanes of at least 4 members (excludes halogenated alkanes) is 1. The monoisotopic (exact) mass is 528 g/mol. The minimum Gasteiger partial charge on any atom is -0.378 e. The summed E-state index contributed by atoms with van der Waals surface area (Å²) in [5.41, 5.74) is 2.11. The van der Waals surface area contributed by atoms with E-state index in [0.29, 0.717) is 102 Å². The van der Waals surface area contributed by atoms with Crippen molar-refractivity contribution >= 4 is 23.1 Å². The van der Waals surface area contributed by atoms with E-state index < -0.39 is 0 Å². The normalized spacial score (nSPS) is 24.2. The fraction of sp³-hybridized carbons (Fsp3) is 0.733. The summed E-state index contributed by atoms with van der Waals surface area (Å²) in [6, 6.07) is 0. The molecule has 2 aliphatic carbocycles. The fourth-order valence-corrected chi connectivity index (χ4v) is 6.24. The van der Waals surface area contributed by atoms with Crippen LogP contribution in [0.4, 0.5) is 0 Å². The van der Waals surface area contributed by atoms with Gasteiger partial charge in [0.05, 0.1) is 37.6 Å². The Morgan fingerprint density at radius 2 is 0.974 bits per heavy atom. The second kappa shape index (κ2) is 11.8. The van der Waals surface area contributed by atoms with E-state index >= 15 is 0 Å². The minimum absolute atomic E-state index is 0.0699. The number of allylic oxidation sites excluding steroid dienone is 4. The number of rotatable bonds is 9. The van der Waals surface area contributed by atoms with Crippen LogP contribution in [0.1, 0.15) is 79.1 Å². The molecular formula is C30H44N2O6. The predicted molar refractivity (Wildman–Crippen MR) is 143 cm³/mol. The first-order valence-corrected chi connectivity index (χ1v) is 14.2. The Morgan fingerprint density at radius 3 is 1.32 bits per heavy atom. The zero-order valence-electron chi connectivity index (χ0n) is 23.7. The van der Waals surface area contributed by atoms with Crippen molar-refractivity contribution in [2.45, 2.75) is 79.1 Å². The van der Waals surface area contributed by atoms with Crippen molar-refractivity contribution < 1.29 is 28.7 Å². The Balaban J connectivity index is 1.41. The number of carbonyl (C=O) groups is 4. The number of morpholine rings is 2. The van der Waals surface area contributed by atoms with E-state index in [1.807, 2.05) is 0 Å². The summed E-state index contributed by atoms with van der Waals surface area (Å²) < 4.78 is 11.0. The number of hydrogen-bond acceptors (Lipinski definition) is 8. The van der Waals surface area contributed by atoms with Gasteiger partial charge in [0.1, 0.15) is 0 Å². The predicted octanol–water partition coefficient (Wildman–Crippen LogP) is 3.64. The van der Waals surface area contributed by atoms with Gasteiger partial charge >= 0.3 is 0 Å². The van der Waals surface area contributed by atoms with Crippen molar-refractivity contribution in [2.75, 3.05) is 52.6 Å². The first kappa shape index (κ1) is 28.7. The van der Waals surface area contributed by atoms with Gasteiger partial charge in [-0.1, -0.05) is 27.7 Å². The maximum absolute atomic E-state index is 13.3. The number of ether oxygens (including phenoxy) is 2. The summed E-state index contributed by atoms with van der Waals surface area (Å²) in [4.78, 5) is 57.0. The molecule has 2 saturated heterocycles. The quantitative estimate of drug-likeness (QED) is 0.331. The Kier molecular flexibility index (Phi) is 8.92. The molecule has 4 rings (SSSR count). The van der Waals surface area contributed by atoms with E-state index in [9.17, 15) is 19.2 Å². The van der Waals surface area contributed by atoms with E-state index in [4.69, 9.17) is 9.47 Å². The van der Waals surface area contributed by atoms with Crippen LogP contribution in [0.25, 0.3) is 0 Å². The lowest BCUT2D eigenvalue weighted by Crippen LogP contribution is -2.41. The molecule has 210 valence electrons. The summed E-state index contributed by atoms with van der Waals surface area (Å²) in [5.74, 6) is -0.384. The van der Waals surface area contributed by atoms with E-state index in [1.165, 1.54) is 0 Å². The third-order valence-corrected chi connectivity index (χ3v) is 8.11. The molecule has 0 amide bonds. The van der Waals surface area contributed by atoms with Gasteiger partial charge < -0.3 is 19.3 Å². The molecule has 8 nitrogen and oxygen atoms in total. The summed E-state index contributed by atoms with van der Waals surface area (Å²) in [6.45, 7) is 13.4. The second-order valence-electron chi connectivity index (χ2n) is 12.8. The lowest BCUT2D eigenvalue weighted by molar-refractivity contribution is -0.126. The van der Waals surface area contributed by atoms with Crippen LogP contribution < -0.4 is 0 Å². The van der Waals surface area contributed by atoms with Gasteiger partial charge in [-0.2, -0.15) is 0 Å². The molecule has 8 heteroatoms. The highest BCUT2D eigenvalue weighted by Crippen LogP contribution is 2.40. The molecule has 0 radical (unpaired) electrons. The SMILES string of the molecule is CC1(C)CC(=O)C(C(=O)CCCCC(=O)C2=C(N3CCOCC3)CC(C)(C)CC2=O)=C(N2CCOCC2)C1. The molecule has 0 spiro atoms. The van der Waals surface area contributed by atoms with Crippen LogP contribution in [0.3, 0.4) is 0 Å². The highest BCUT2D eigenvalue weighted by Gasteiger charge is 2.39. The second-order valence-corrected chi connectivity index (χ2v) is 12.8. The van der Waals surface area contributed by atoms with E-state index in [2.05, 4.69) is 37.5 Å². The van der Waals surface area contributed by atoms with Crippen LogP contribution in [0.2, 0.25) is 0 Å². The smallest absolute Gasteiger partial charge is 0.168 e. The minimum atomic E-state index is -0.173. The molecule has 0 aromatic rings. The van der Waals surface area contributed by atoms with E-state index in [0.717, 1.165) is 11.4 Å². The lowest BCUT2D eigenvalue weighted by Gasteiger charge is -2.39. The zero-order valence-corrected chi connectivity index (χ0v) is 23.7. The average Bonchev–Trinajstić information content (AvgIpc) is 2.85. The molecule has 0 aromatic heterocycles. The maximum atomic E-state index is 13.3. The number of carbonyl (C=O) groups excluding carboxylic acids is 4. The fourth-order valence-electron chi connectivity index (χ4n) is 6.24. The van der Waals surface area contributed by atoms with Gasteiger partial charge in [0, 0.05) is 63.3 Å². The molecule has 2 aliphatic heterocycles. The third-order valence-electron chi connectivity index (χ3n) is 8.11. The van der Waals surface area contributed by atoms with Crippen LogP contribution in [0.5, 0.6) is 0 Å². The lowest BCUT2D eigenvalue weighted by atomic mass is 9.74. The first-order chi connectivity index (χ1) is 18.0. The molecule has 2 heterocycles. The molecule has 0 saturated carbocycles. The van der Waals surface area contributed by atoms with Crippen molar-refractivity contribution in [1.82, 2.24) is 9.80 Å². The van der Waals surface area contributed by atoms with Gasteiger partial charge in [-0.05, 0) is 36.5 Å². The van der Waals surface area contributed by atoms with Gasteiger partial charge in [-0.3, -0.25) is 19.2 Å². The summed E-state index contributed by atoms with van der Waals surface area (Å²) in [7, 11) is 0. The molecule has 2 fully saturated rings. The molecule has 0 bridgehead atoms. The highest BCUT2D eigenvalue weighted by atomic mass is 16.5. The standard InChI is InChI=1S/C30H44N2O6/c1-29(2)17-21(31-9-13-37-14-10-31)27(25(35)19-29)23(33)7-5-6-8-24(34)28-22(32-11-15-38-16-12-32)18-30(3,4)20-26(28)36/h5-20H2,1-4H3. The molecule has 0 N–H and O–H groups in total. The van der Waals surface area contributed by atoms with Crippen LogP contribution in [-0.4, -0.2) is 85.5 Å². The number of hydrogen-bond donors (Lipinski definition) is 0. The molecule has 4 aliphatic rings. The zero-order chi connectivity index (χ0) is 27.5. The Labute approximate surface area is 226 Å². The third kappa shape index (κ3) is 6.81. The molecule has 0 atom stereocenters. The van der Waals surface area contributed by atoms with E-state index in [-0.39, 0.29) is 46.8 Å². The molecule has 0 aromatic carbocycles. The summed E-state index contributed by atoms with van der Waals surface area (Å²) >= 11 is 0. The number of ketones is 4. The number of nitrogens with zero attached hydrogens (tertiary/aromatic N) is 2. The van der Waals surface area contributed by atoms with Crippen LogP contribution in [0.15, 0.2) is 22.5 Å². The first-order valence-electron chi connectivity index (χ1n) is 14.2. The Morgan fingerprint density at radius 1 is 0.632 bits per heavy atom. The Hall–Kier alpha value is -2.32. The molecule has 0 unspecified atom stereocenters. The van der Waals surface area contributed by atoms with Crippen LogP contribution >= 0.6 is 0 Å². The van der Waals surface area contributed by atoms with Crippen molar-refractivity contribution in [3.8, 4) is 0 Å². The topological polar surface area (TPSA) is 93.2 Å². The van der Waals surface area contributed by atoms with Gasteiger partial charge in [-0.25, -0.2) is 0 Å². The van der Waals surface area contributed by atoms with Crippen LogP contribution in [-0.2, 0) is 28.7 Å². The largest absolute Gasteiger partial charge is 0.378 e. The van der Waals surface area contributed by atoms with Gasteiger partial charge in [0.15, 0.2) is 23.1 Å². The van der Waals surface area contributed by atoms with Crippen molar-refractivity contribution in [3.05, 3.63) is 22.5 Å². The summed E-state index contributed by atoms with van der Waals surface area (Å²) in [5, 5.41) is 0. The van der Waals surface area contributed by atoms with Gasteiger partial charge in [-0.15, -0.1) is 0 Å². The van der Waals surface area contributed by atoms with Gasteiger partial charge in [0.25, 0.3) is 0 Å². The Bertz CT molecular complexity index is 943. The highest BCUT2D eigenvalue weighted by molar-refractivity contribution is 6.22.